The molecule has 2 aromatic carbocycles. The van der Waals surface area contributed by atoms with Crippen molar-refractivity contribution in [2.24, 2.45) is 10.8 Å². The first-order valence-corrected chi connectivity index (χ1v) is 23.0. The lowest BCUT2D eigenvalue weighted by molar-refractivity contribution is -0.133. The molecule has 0 aliphatic carbocycles. The van der Waals surface area contributed by atoms with E-state index in [1.807, 2.05) is 119 Å². The molecule has 360 valence electrons. The van der Waals surface area contributed by atoms with Gasteiger partial charge < -0.3 is 36.0 Å². The van der Waals surface area contributed by atoms with E-state index in [1.165, 1.54) is 0 Å². The number of urea groups is 1. The maximum atomic E-state index is 14.7. The Morgan fingerprint density at radius 1 is 0.746 bits per heavy atom. The zero-order valence-electron chi connectivity index (χ0n) is 40.7. The second kappa shape index (κ2) is 22.0. The Labute approximate surface area is 395 Å². The zero-order valence-corrected chi connectivity index (χ0v) is 40.7. The van der Waals surface area contributed by atoms with Crippen molar-refractivity contribution in [2.75, 3.05) is 19.6 Å². The van der Waals surface area contributed by atoms with Crippen LogP contribution in [-0.4, -0.2) is 120 Å². The molecule has 0 saturated carbocycles. The van der Waals surface area contributed by atoms with Gasteiger partial charge in [0, 0.05) is 42.1 Å². The lowest BCUT2D eigenvalue weighted by Gasteiger charge is -2.38. The number of nitrogens with one attached hydrogen (secondary N) is 3. The molecule has 6 amide bonds. The van der Waals surface area contributed by atoms with E-state index in [1.54, 1.807) is 57.5 Å². The fraction of sp³-hybridized carbons (Fsp3) is 0.481. The number of carbonyl (C=O) groups excluding carboxylic acids is 4. The Kier molecular flexibility index (Phi) is 16.9. The molecule has 5 atom stereocenters. The van der Waals surface area contributed by atoms with E-state index in [-0.39, 0.29) is 25.3 Å². The van der Waals surface area contributed by atoms with Crippen molar-refractivity contribution in [1.29, 1.82) is 0 Å². The summed E-state index contributed by atoms with van der Waals surface area (Å²) in [7, 11) is 0. The fourth-order valence-corrected chi connectivity index (χ4v) is 8.47. The lowest BCUT2D eigenvalue weighted by Crippen LogP contribution is -2.60. The molecular formula is C52H70N8O7. The van der Waals surface area contributed by atoms with Crippen LogP contribution in [0, 0.1) is 17.8 Å². The first-order chi connectivity index (χ1) is 31.4. The number of amides is 6. The number of hydrogen-bond acceptors (Lipinski definition) is 8. The Hall–Kier alpha value is -6.35. The Bertz CT molecular complexity index is 2310. The number of pyridine rings is 2. The second-order valence-electron chi connectivity index (χ2n) is 20.8. The quantitative estimate of drug-likeness (QED) is 0.0729. The molecule has 1 aliphatic heterocycles. The van der Waals surface area contributed by atoms with Crippen molar-refractivity contribution in [3.05, 3.63) is 120 Å². The molecule has 15 heteroatoms. The van der Waals surface area contributed by atoms with Crippen LogP contribution in [0.3, 0.4) is 0 Å². The van der Waals surface area contributed by atoms with Crippen molar-refractivity contribution in [3.8, 4) is 11.3 Å². The SMILES string of the molecule is Cc1cccc(CN2CCN([C@H](C(=O)N[C@@H](Cc3ccccc3)[C@@H](O)C[C@H](Cc3ccc(-c4ccccn4)cc3)NC(=O)[C@@H](NC(=O)CN(C(=O)O)C(C)(C)C)C(C)(C)C)C(C)(C)C)C2=O)n1. The average molecular weight is 919 g/mol. The maximum Gasteiger partial charge on any atom is 0.408 e. The number of aliphatic hydroxyl groups excluding tert-OH is 1. The topological polar surface area (TPSA) is 197 Å². The standard InChI is InChI=1S/C52H70N8O7/c1-34-17-16-20-38(54-34)32-58-27-28-59(48(58)65)45(51(5,6)7)47(64)56-41(30-35-18-12-11-13-19-35)42(61)31-39(29-36-22-24-37(25-23-36)40-21-14-15-26-53-40)55-46(63)44(50(2,3)4)57-43(62)33-60(49(66)67)52(8,9)10/h11-26,39,41-42,44-45,61H,27-33H2,1-10H3,(H,55,63)(H,56,64)(H,57,62)(H,66,67)/t39-,41-,42-,44+,45+/m0/s1. The number of aryl methyl sites for hydroxylation is 1. The number of benzene rings is 2. The van der Waals surface area contributed by atoms with Gasteiger partial charge in [-0.15, -0.1) is 0 Å². The van der Waals surface area contributed by atoms with Crippen LogP contribution in [0.4, 0.5) is 9.59 Å². The van der Waals surface area contributed by atoms with Crippen LogP contribution in [0.1, 0.15) is 91.2 Å². The molecule has 0 radical (unpaired) electrons. The summed E-state index contributed by atoms with van der Waals surface area (Å²) in [5.41, 5.74) is 2.63. The second-order valence-corrected chi connectivity index (χ2v) is 20.8. The van der Waals surface area contributed by atoms with Crippen molar-refractivity contribution in [3.63, 3.8) is 0 Å². The number of aliphatic hydroxyl groups is 1. The lowest BCUT2D eigenvalue weighted by atomic mass is 9.84. The molecule has 1 fully saturated rings. The number of carbonyl (C=O) groups is 5. The van der Waals surface area contributed by atoms with E-state index in [9.17, 15) is 34.2 Å². The van der Waals surface area contributed by atoms with Crippen LogP contribution in [0.5, 0.6) is 0 Å². The third-order valence-corrected chi connectivity index (χ3v) is 11.9. The predicted octanol–water partition coefficient (Wildman–Crippen LogP) is 6.62. The van der Waals surface area contributed by atoms with Crippen LogP contribution < -0.4 is 16.0 Å². The van der Waals surface area contributed by atoms with Gasteiger partial charge in [0.05, 0.1) is 30.1 Å². The normalized spacial score (nSPS) is 15.5. The van der Waals surface area contributed by atoms with E-state index in [0.717, 1.165) is 38.7 Å². The minimum Gasteiger partial charge on any atom is -0.465 e. The first-order valence-electron chi connectivity index (χ1n) is 23.0. The van der Waals surface area contributed by atoms with Gasteiger partial charge in [0.25, 0.3) is 0 Å². The van der Waals surface area contributed by atoms with Crippen LogP contribution in [-0.2, 0) is 33.8 Å². The van der Waals surface area contributed by atoms with E-state index < -0.39 is 77.0 Å². The van der Waals surface area contributed by atoms with Crippen molar-refractivity contribution in [2.45, 2.75) is 131 Å². The van der Waals surface area contributed by atoms with Gasteiger partial charge in [-0.3, -0.25) is 29.3 Å². The third-order valence-electron chi connectivity index (χ3n) is 11.9. The molecule has 0 unspecified atom stereocenters. The van der Waals surface area contributed by atoms with Gasteiger partial charge in [-0.1, -0.05) is 108 Å². The molecule has 1 aliphatic rings. The number of rotatable bonds is 18. The van der Waals surface area contributed by atoms with Gasteiger partial charge in [-0.2, -0.15) is 0 Å². The largest absolute Gasteiger partial charge is 0.465 e. The Balaban J connectivity index is 1.43. The van der Waals surface area contributed by atoms with Crippen LogP contribution in [0.15, 0.2) is 97.2 Å². The molecule has 15 nitrogen and oxygen atoms in total. The van der Waals surface area contributed by atoms with Gasteiger partial charge in [-0.05, 0) is 93.2 Å². The minimum atomic E-state index is -1.27. The molecule has 0 bridgehead atoms. The van der Waals surface area contributed by atoms with Crippen molar-refractivity contribution < 1.29 is 34.2 Å². The number of hydrogen-bond donors (Lipinski definition) is 5. The highest BCUT2D eigenvalue weighted by Crippen LogP contribution is 2.30. The average Bonchev–Trinajstić information content (AvgIpc) is 3.58. The van der Waals surface area contributed by atoms with Crippen LogP contribution >= 0.6 is 0 Å². The maximum absolute atomic E-state index is 14.7. The molecule has 4 aromatic rings. The zero-order chi connectivity index (χ0) is 49.3. The molecular weight excluding hydrogens is 849 g/mol. The van der Waals surface area contributed by atoms with E-state index in [4.69, 9.17) is 0 Å². The summed E-state index contributed by atoms with van der Waals surface area (Å²) < 4.78 is 0. The van der Waals surface area contributed by atoms with Gasteiger partial charge in [0.1, 0.15) is 18.6 Å². The van der Waals surface area contributed by atoms with E-state index in [2.05, 4.69) is 25.9 Å². The van der Waals surface area contributed by atoms with Crippen molar-refractivity contribution >= 4 is 29.8 Å². The van der Waals surface area contributed by atoms with E-state index in [0.29, 0.717) is 19.6 Å². The molecule has 2 aromatic heterocycles. The Morgan fingerprint density at radius 3 is 1.99 bits per heavy atom. The van der Waals surface area contributed by atoms with Crippen LogP contribution in [0.2, 0.25) is 0 Å². The number of aromatic nitrogens is 2. The summed E-state index contributed by atoms with van der Waals surface area (Å²) in [6, 6.07) is 24.8. The summed E-state index contributed by atoms with van der Waals surface area (Å²) in [6.07, 6.45) is -0.236. The summed E-state index contributed by atoms with van der Waals surface area (Å²) in [5, 5.41) is 31.3. The predicted molar refractivity (Wildman–Crippen MR) is 259 cm³/mol. The summed E-state index contributed by atoms with van der Waals surface area (Å²) in [6.45, 7) is 18.7. The summed E-state index contributed by atoms with van der Waals surface area (Å²) in [4.78, 5) is 82.2. The van der Waals surface area contributed by atoms with Gasteiger partial charge in [-0.25, -0.2) is 9.59 Å². The summed E-state index contributed by atoms with van der Waals surface area (Å²) in [5.74, 6) is -1.57. The minimum absolute atomic E-state index is 0.00671. The van der Waals surface area contributed by atoms with Gasteiger partial charge in [0.15, 0.2) is 0 Å². The smallest absolute Gasteiger partial charge is 0.408 e. The highest BCUT2D eigenvalue weighted by molar-refractivity contribution is 5.90. The summed E-state index contributed by atoms with van der Waals surface area (Å²) >= 11 is 0. The highest BCUT2D eigenvalue weighted by atomic mass is 16.4. The molecule has 67 heavy (non-hydrogen) atoms. The molecule has 0 spiro atoms. The first kappa shape index (κ1) is 51.6. The monoisotopic (exact) mass is 919 g/mol. The number of carboxylic acid groups (broad SMARTS) is 1. The van der Waals surface area contributed by atoms with E-state index >= 15 is 0 Å². The van der Waals surface area contributed by atoms with Crippen LogP contribution in [0.25, 0.3) is 11.3 Å². The highest BCUT2D eigenvalue weighted by Gasteiger charge is 2.45. The number of nitrogens with zero attached hydrogens (tertiary/aromatic N) is 5. The Morgan fingerprint density at radius 2 is 1.40 bits per heavy atom. The van der Waals surface area contributed by atoms with Crippen molar-refractivity contribution in [1.82, 2.24) is 40.6 Å². The molecule has 5 N–H and O–H groups in total. The van der Waals surface area contributed by atoms with Gasteiger partial charge >= 0.3 is 12.1 Å². The molecule has 1 saturated heterocycles. The fourth-order valence-electron chi connectivity index (χ4n) is 8.47. The third kappa shape index (κ3) is 14.6. The van der Waals surface area contributed by atoms with Gasteiger partial charge in [0.2, 0.25) is 17.7 Å². The molecule has 5 rings (SSSR count). The molecule has 3 heterocycles.